The van der Waals surface area contributed by atoms with Gasteiger partial charge in [0, 0.05) is 174 Å². The summed E-state index contributed by atoms with van der Waals surface area (Å²) in [5, 5.41) is 0. The van der Waals surface area contributed by atoms with Gasteiger partial charge in [0.15, 0.2) is 0 Å². The Balaban J connectivity index is 0. The fourth-order valence-corrected chi connectivity index (χ4v) is 0. The Morgan fingerprint density at radius 2 is 0.125 bits per heavy atom. The third-order valence-electron chi connectivity index (χ3n) is 0. The number of hydrogen-bond acceptors (Lipinski definition) is 0. The first kappa shape index (κ1) is 67.9. The predicted molar refractivity (Wildman–Crippen MR) is 0 cm³/mol. The van der Waals surface area contributed by atoms with Gasteiger partial charge in [0.05, 0.1) is 0 Å². The molecule has 0 rings (SSSR count). The first-order chi connectivity index (χ1) is 0. The first-order valence-corrected chi connectivity index (χ1v) is 0. The van der Waals surface area contributed by atoms with Gasteiger partial charge in [-0.2, -0.15) is 0 Å². The average Bonchev–Trinajstić information content (AvgIpc) is 0. The molecule has 0 aliphatic rings. The molecule has 0 fully saturated rings. The summed E-state index contributed by atoms with van der Waals surface area (Å²) in [6.45, 7) is 0. The molecule has 0 unspecified atom stereocenters. The number of rotatable bonds is 0. The summed E-state index contributed by atoms with van der Waals surface area (Å²) in [4.78, 5) is 0. The van der Waals surface area contributed by atoms with Crippen LogP contribution in [0.1, 0.15) is 0 Å². The van der Waals surface area contributed by atoms with Crippen LogP contribution in [0.2, 0.25) is 0 Å². The Hall–Kier alpha value is 5.71. The largest absolute Gasteiger partial charge is 0 e. The fourth-order valence-electron chi connectivity index (χ4n) is 0. The second-order valence-electron chi connectivity index (χ2n) is 0. The van der Waals surface area contributed by atoms with Crippen LogP contribution in [0.25, 0.3) is 0 Å². The summed E-state index contributed by atoms with van der Waals surface area (Å²) in [5.74, 6) is 0. The van der Waals surface area contributed by atoms with Crippen molar-refractivity contribution in [3.8, 4) is 0 Å². The van der Waals surface area contributed by atoms with E-state index in [2.05, 4.69) is 0 Å². The smallest absolute Gasteiger partial charge is 0 e. The summed E-state index contributed by atoms with van der Waals surface area (Å²) in [5.41, 5.74) is 0. The van der Waals surface area contributed by atoms with Crippen LogP contribution < -0.4 is 0 Å². The van der Waals surface area contributed by atoms with Crippen LogP contribution in [-0.4, -0.2) is 0 Å². The monoisotopic (exact) mass is 384 g/mol. The zero-order chi connectivity index (χ0) is 0. The van der Waals surface area contributed by atoms with Gasteiger partial charge in [-0.1, -0.05) is 0 Å². The SMILES string of the molecule is [Ti].[Ti].[Ti].[Ti].[Ti].[Ti].[Ti].[Ti]. The van der Waals surface area contributed by atoms with E-state index in [9.17, 15) is 0 Å². The summed E-state index contributed by atoms with van der Waals surface area (Å²) in [7, 11) is 0. The Morgan fingerprint density at radius 3 is 0.125 bits per heavy atom. The van der Waals surface area contributed by atoms with E-state index >= 15 is 0 Å². The molecule has 0 aromatic rings. The molecular formula is Ti8. The Morgan fingerprint density at radius 1 is 0.125 bits per heavy atom. The van der Waals surface area contributed by atoms with Gasteiger partial charge in [0.2, 0.25) is 0 Å². The van der Waals surface area contributed by atoms with Crippen LogP contribution in [-0.2, 0) is 174 Å². The van der Waals surface area contributed by atoms with Crippen molar-refractivity contribution >= 4 is 0 Å². The minimum atomic E-state index is 0. The molecule has 0 heterocycles. The van der Waals surface area contributed by atoms with E-state index in [0.29, 0.717) is 0 Å². The van der Waals surface area contributed by atoms with Crippen molar-refractivity contribution in [3.63, 3.8) is 0 Å². The second-order valence-corrected chi connectivity index (χ2v) is 0. The molecule has 0 saturated carbocycles. The van der Waals surface area contributed by atoms with Crippen LogP contribution in [0.3, 0.4) is 0 Å². The molecule has 0 nitrogen and oxygen atoms in total. The van der Waals surface area contributed by atoms with E-state index in [1.165, 1.54) is 0 Å². The molecule has 0 spiro atoms. The van der Waals surface area contributed by atoms with Gasteiger partial charge in [-0.15, -0.1) is 0 Å². The van der Waals surface area contributed by atoms with E-state index in [0.717, 1.165) is 0 Å². The Kier molecular flexibility index (Phi) is 453. The molecule has 0 aliphatic carbocycles. The molecule has 0 amide bonds. The maximum Gasteiger partial charge on any atom is 0 e. The van der Waals surface area contributed by atoms with Gasteiger partial charge < -0.3 is 0 Å². The van der Waals surface area contributed by atoms with Gasteiger partial charge in [-0.05, 0) is 0 Å². The zero-order valence-corrected chi connectivity index (χ0v) is 16.5. The van der Waals surface area contributed by atoms with Gasteiger partial charge in [0.1, 0.15) is 0 Å². The van der Waals surface area contributed by atoms with Crippen LogP contribution in [0.5, 0.6) is 0 Å². The van der Waals surface area contributed by atoms with Gasteiger partial charge in [-0.3, -0.25) is 0 Å². The normalized spacial score (nSPS) is 0. The van der Waals surface area contributed by atoms with Crippen LogP contribution in [0.4, 0.5) is 0 Å². The van der Waals surface area contributed by atoms with Crippen molar-refractivity contribution in [3.05, 3.63) is 0 Å². The molecule has 8 heteroatoms. The first-order valence-electron chi connectivity index (χ1n) is 0. The third-order valence-corrected chi connectivity index (χ3v) is 0. The van der Waals surface area contributed by atoms with Crippen LogP contribution in [0, 0.1) is 0 Å². The quantitative estimate of drug-likeness (QED) is 0.517. The van der Waals surface area contributed by atoms with Crippen molar-refractivity contribution in [2.24, 2.45) is 0 Å². The minimum Gasteiger partial charge on any atom is 0 e. The molecule has 0 atom stereocenters. The summed E-state index contributed by atoms with van der Waals surface area (Å²) in [6, 6.07) is 0. The fraction of sp³-hybridized carbons (Fsp3) is 0. The molecular weight excluding hydrogens is 383 g/mol. The van der Waals surface area contributed by atoms with Crippen LogP contribution >= 0.6 is 0 Å². The van der Waals surface area contributed by atoms with E-state index in [4.69, 9.17) is 0 Å². The standard InChI is InChI=1S/8Ti. The number of hydrogen-bond donors (Lipinski definition) is 0. The molecule has 0 aliphatic heterocycles. The molecule has 0 aromatic carbocycles. The maximum absolute atomic E-state index is 0. The molecule has 0 bridgehead atoms. The van der Waals surface area contributed by atoms with Crippen molar-refractivity contribution in [1.29, 1.82) is 0 Å². The summed E-state index contributed by atoms with van der Waals surface area (Å²) in [6.07, 6.45) is 0. The molecule has 0 aromatic heterocycles. The Labute approximate surface area is 169 Å². The molecule has 0 saturated heterocycles. The topological polar surface area (TPSA) is 0 Å². The predicted octanol–water partition coefficient (Wildman–Crippen LogP) is -0.0200. The van der Waals surface area contributed by atoms with Crippen molar-refractivity contribution < 1.29 is 174 Å². The van der Waals surface area contributed by atoms with E-state index in [-0.39, 0.29) is 174 Å². The summed E-state index contributed by atoms with van der Waals surface area (Å²) < 4.78 is 0. The minimum absolute atomic E-state index is 0. The van der Waals surface area contributed by atoms with Crippen molar-refractivity contribution in [2.75, 3.05) is 0 Å². The summed E-state index contributed by atoms with van der Waals surface area (Å²) >= 11 is 0. The average molecular weight is 383 g/mol. The molecule has 8 heavy (non-hydrogen) atoms. The van der Waals surface area contributed by atoms with E-state index in [1.807, 2.05) is 0 Å². The Bertz CT molecular complexity index is 0. The van der Waals surface area contributed by atoms with Crippen LogP contribution in [0.15, 0.2) is 0 Å². The third kappa shape index (κ3) is 41.2. The molecule has 0 radical (unpaired) electrons. The second kappa shape index (κ2) is 53.4. The molecule has 0 N–H and O–H groups in total. The van der Waals surface area contributed by atoms with E-state index in [1.54, 1.807) is 0 Å². The maximum atomic E-state index is 0. The zero-order valence-electron chi connectivity index (χ0n) is 4.00. The van der Waals surface area contributed by atoms with Crippen molar-refractivity contribution in [2.45, 2.75) is 0 Å². The van der Waals surface area contributed by atoms with Crippen molar-refractivity contribution in [1.82, 2.24) is 0 Å². The van der Waals surface area contributed by atoms with Gasteiger partial charge in [-0.25, -0.2) is 0 Å². The van der Waals surface area contributed by atoms with Gasteiger partial charge >= 0.3 is 0 Å². The van der Waals surface area contributed by atoms with E-state index < -0.39 is 0 Å². The van der Waals surface area contributed by atoms with Gasteiger partial charge in [0.25, 0.3) is 0 Å². The molecule has 32 valence electrons.